The molecular weight excluding hydrogens is 408 g/mol. The molecule has 0 saturated carbocycles. The molecule has 9 heteroatoms. The van der Waals surface area contributed by atoms with Crippen LogP contribution in [0.15, 0.2) is 34.1 Å². The molecule has 1 fully saturated rings. The molecule has 0 atom stereocenters. The average Bonchev–Trinajstić information content (AvgIpc) is 2.99. The predicted octanol–water partition coefficient (Wildman–Crippen LogP) is 3.14. The first-order valence-electron chi connectivity index (χ1n) is 9.56. The topological polar surface area (TPSA) is 75.9 Å². The largest absolute Gasteiger partial charge is 0.383 e. The zero-order valence-corrected chi connectivity index (χ0v) is 18.1. The van der Waals surface area contributed by atoms with Crippen LogP contribution in [0, 0.1) is 0 Å². The Hall–Kier alpha value is -2.23. The molecule has 3 heterocycles. The summed E-state index contributed by atoms with van der Waals surface area (Å²) in [4.78, 5) is 32.4. The van der Waals surface area contributed by atoms with Gasteiger partial charge < -0.3 is 10.1 Å². The van der Waals surface area contributed by atoms with Gasteiger partial charge in [-0.25, -0.2) is 4.98 Å². The van der Waals surface area contributed by atoms with Crippen molar-refractivity contribution in [2.24, 2.45) is 0 Å². The number of hydrogen-bond donors (Lipinski definition) is 1. The molecule has 3 rings (SSSR count). The van der Waals surface area contributed by atoms with E-state index in [4.69, 9.17) is 17.0 Å². The quantitative estimate of drug-likeness (QED) is 0.371. The summed E-state index contributed by atoms with van der Waals surface area (Å²) in [7, 11) is 1.58. The van der Waals surface area contributed by atoms with Crippen molar-refractivity contribution in [3.63, 3.8) is 0 Å². The number of anilines is 1. The number of pyridine rings is 1. The molecule has 0 aromatic carbocycles. The smallest absolute Gasteiger partial charge is 0.267 e. The highest BCUT2D eigenvalue weighted by Gasteiger charge is 2.32. The van der Waals surface area contributed by atoms with Gasteiger partial charge in [0.05, 0.1) is 23.6 Å². The zero-order chi connectivity index (χ0) is 20.8. The van der Waals surface area contributed by atoms with E-state index < -0.39 is 0 Å². The number of hydrogen-bond acceptors (Lipinski definition) is 7. The van der Waals surface area contributed by atoms with E-state index in [2.05, 4.69) is 17.2 Å². The minimum atomic E-state index is -0.226. The number of amides is 1. The number of aromatic nitrogens is 2. The van der Waals surface area contributed by atoms with Gasteiger partial charge in [-0.15, -0.1) is 0 Å². The molecule has 1 amide bonds. The molecule has 154 valence electrons. The number of nitrogens with one attached hydrogen (secondary N) is 1. The fourth-order valence-corrected chi connectivity index (χ4v) is 4.25. The molecule has 0 radical (unpaired) electrons. The minimum Gasteiger partial charge on any atom is -0.383 e. The molecule has 2 aromatic rings. The van der Waals surface area contributed by atoms with Crippen LogP contribution in [-0.2, 0) is 9.53 Å². The lowest BCUT2D eigenvalue weighted by atomic mass is 10.2. The number of thioether (sulfide) groups is 1. The van der Waals surface area contributed by atoms with Crippen molar-refractivity contribution >= 4 is 51.7 Å². The fourth-order valence-electron chi connectivity index (χ4n) is 2.96. The van der Waals surface area contributed by atoms with E-state index in [1.54, 1.807) is 31.5 Å². The van der Waals surface area contributed by atoms with Gasteiger partial charge in [0.25, 0.3) is 11.5 Å². The maximum Gasteiger partial charge on any atom is 0.267 e. The average molecular weight is 433 g/mol. The van der Waals surface area contributed by atoms with Crippen LogP contribution in [0.1, 0.15) is 31.7 Å². The van der Waals surface area contributed by atoms with E-state index in [0.29, 0.717) is 46.0 Å². The highest BCUT2D eigenvalue weighted by Crippen LogP contribution is 2.32. The Balaban J connectivity index is 1.99. The number of thiocarbonyl (C=S) groups is 1. The molecule has 7 nitrogen and oxygen atoms in total. The van der Waals surface area contributed by atoms with E-state index in [9.17, 15) is 9.59 Å². The van der Waals surface area contributed by atoms with Crippen molar-refractivity contribution in [1.29, 1.82) is 0 Å². The molecule has 2 aromatic heterocycles. The standard InChI is InChI=1S/C20H24N4O3S2/c1-3-4-6-9-21-17-14(18(25)23-10-7-5-8-16(23)22-17)13-15-19(26)24(11-12-27-2)20(28)29-15/h5,7-8,10,13,21H,3-4,6,9,11-12H2,1-2H3. The van der Waals surface area contributed by atoms with Gasteiger partial charge in [0, 0.05) is 19.9 Å². The molecular formula is C20H24N4O3S2. The summed E-state index contributed by atoms with van der Waals surface area (Å²) in [6, 6.07) is 5.40. The molecule has 1 aliphatic rings. The van der Waals surface area contributed by atoms with Gasteiger partial charge in [-0.1, -0.05) is 49.8 Å². The van der Waals surface area contributed by atoms with Crippen LogP contribution < -0.4 is 10.9 Å². The lowest BCUT2D eigenvalue weighted by Crippen LogP contribution is -2.31. The number of fused-ring (bicyclic) bond motifs is 1. The number of carbonyl (C=O) groups excluding carboxylic acids is 1. The summed E-state index contributed by atoms with van der Waals surface area (Å²) in [6.07, 6.45) is 6.44. The first-order valence-corrected chi connectivity index (χ1v) is 10.8. The molecule has 1 aliphatic heterocycles. The Morgan fingerprint density at radius 1 is 1.31 bits per heavy atom. The predicted molar refractivity (Wildman–Crippen MR) is 121 cm³/mol. The van der Waals surface area contributed by atoms with E-state index >= 15 is 0 Å². The van der Waals surface area contributed by atoms with Crippen molar-refractivity contribution < 1.29 is 9.53 Å². The van der Waals surface area contributed by atoms with Gasteiger partial charge in [0.1, 0.15) is 15.8 Å². The molecule has 0 aliphatic carbocycles. The van der Waals surface area contributed by atoms with Gasteiger partial charge in [-0.3, -0.25) is 18.9 Å². The van der Waals surface area contributed by atoms with Gasteiger partial charge in [0.15, 0.2) is 0 Å². The van der Waals surface area contributed by atoms with Crippen LogP contribution in [-0.4, -0.2) is 51.3 Å². The van der Waals surface area contributed by atoms with Crippen molar-refractivity contribution in [1.82, 2.24) is 14.3 Å². The van der Waals surface area contributed by atoms with Gasteiger partial charge in [-0.05, 0) is 24.6 Å². The Labute approximate surface area is 179 Å². The monoisotopic (exact) mass is 432 g/mol. The second-order valence-corrected chi connectivity index (χ2v) is 8.24. The molecule has 29 heavy (non-hydrogen) atoms. The number of nitrogens with zero attached hydrogens (tertiary/aromatic N) is 3. The van der Waals surface area contributed by atoms with Crippen molar-refractivity contribution in [2.75, 3.05) is 32.1 Å². The van der Waals surface area contributed by atoms with Crippen LogP contribution in [0.4, 0.5) is 5.82 Å². The molecule has 0 bridgehead atoms. The summed E-state index contributed by atoms with van der Waals surface area (Å²) < 4.78 is 6.99. The lowest BCUT2D eigenvalue weighted by Gasteiger charge is -2.13. The fraction of sp³-hybridized carbons (Fsp3) is 0.400. The maximum absolute atomic E-state index is 13.1. The third-order valence-electron chi connectivity index (χ3n) is 4.51. The second-order valence-electron chi connectivity index (χ2n) is 6.57. The Bertz CT molecular complexity index is 1000. The Morgan fingerprint density at radius 3 is 2.90 bits per heavy atom. The van der Waals surface area contributed by atoms with Crippen LogP contribution in [0.25, 0.3) is 11.7 Å². The number of rotatable bonds is 9. The van der Waals surface area contributed by atoms with Crippen LogP contribution in [0.5, 0.6) is 0 Å². The normalized spacial score (nSPS) is 15.7. The number of carbonyl (C=O) groups is 1. The third-order valence-corrected chi connectivity index (χ3v) is 5.89. The van der Waals surface area contributed by atoms with E-state index in [1.807, 2.05) is 6.07 Å². The summed E-state index contributed by atoms with van der Waals surface area (Å²) in [5.74, 6) is 0.269. The van der Waals surface area contributed by atoms with Crippen LogP contribution in [0.3, 0.4) is 0 Å². The SMILES string of the molecule is CCCCCNc1nc2ccccn2c(=O)c1C=C1SC(=S)N(CCOC)C1=O. The van der Waals surface area contributed by atoms with E-state index in [-0.39, 0.29) is 11.5 Å². The first-order chi connectivity index (χ1) is 14.1. The molecule has 1 N–H and O–H groups in total. The van der Waals surface area contributed by atoms with Crippen LogP contribution >= 0.6 is 24.0 Å². The van der Waals surface area contributed by atoms with Crippen molar-refractivity contribution in [2.45, 2.75) is 26.2 Å². The first kappa shape index (κ1) is 21.5. The van der Waals surface area contributed by atoms with Crippen molar-refractivity contribution in [3.05, 3.63) is 45.2 Å². The summed E-state index contributed by atoms with van der Waals surface area (Å²) >= 11 is 6.51. The zero-order valence-electron chi connectivity index (χ0n) is 16.5. The lowest BCUT2D eigenvalue weighted by molar-refractivity contribution is -0.122. The molecule has 0 spiro atoms. The summed E-state index contributed by atoms with van der Waals surface area (Å²) in [5, 5.41) is 3.27. The van der Waals surface area contributed by atoms with Crippen molar-refractivity contribution in [3.8, 4) is 0 Å². The highest BCUT2D eigenvalue weighted by molar-refractivity contribution is 8.26. The molecule has 1 saturated heterocycles. The molecule has 0 unspecified atom stereocenters. The van der Waals surface area contributed by atoms with E-state index in [1.165, 1.54) is 21.1 Å². The minimum absolute atomic E-state index is 0.216. The van der Waals surface area contributed by atoms with Gasteiger partial charge in [0.2, 0.25) is 0 Å². The Morgan fingerprint density at radius 2 is 2.14 bits per heavy atom. The maximum atomic E-state index is 13.1. The van der Waals surface area contributed by atoms with Crippen LogP contribution in [0.2, 0.25) is 0 Å². The Kier molecular flexibility index (Phi) is 7.40. The number of methoxy groups -OCH3 is 1. The third kappa shape index (κ3) is 4.85. The summed E-state index contributed by atoms with van der Waals surface area (Å²) in [6.45, 7) is 3.62. The van der Waals surface area contributed by atoms with Gasteiger partial charge >= 0.3 is 0 Å². The van der Waals surface area contributed by atoms with Gasteiger partial charge in [-0.2, -0.15) is 0 Å². The van der Waals surface area contributed by atoms with E-state index in [0.717, 1.165) is 19.3 Å². The summed E-state index contributed by atoms with van der Waals surface area (Å²) in [5.41, 5.74) is 0.688. The number of unbranched alkanes of at least 4 members (excludes halogenated alkanes) is 2. The second kappa shape index (κ2) is 10.00. The highest BCUT2D eigenvalue weighted by atomic mass is 32.2. The number of ether oxygens (including phenoxy) is 1.